The van der Waals surface area contributed by atoms with Crippen molar-refractivity contribution >= 4 is 43.1 Å². The van der Waals surface area contributed by atoms with Gasteiger partial charge in [0.05, 0.1) is 0 Å². The van der Waals surface area contributed by atoms with Crippen LogP contribution in [-0.4, -0.2) is 9.97 Å². The van der Waals surface area contributed by atoms with Gasteiger partial charge in [-0.2, -0.15) is 0 Å². The Labute approximate surface area is 303 Å². The van der Waals surface area contributed by atoms with Crippen LogP contribution in [0, 0.1) is 0 Å². The summed E-state index contributed by atoms with van der Waals surface area (Å²) in [5.74, 6) is 0. The molecule has 0 fully saturated rings. The van der Waals surface area contributed by atoms with Gasteiger partial charge in [0.1, 0.15) is 0 Å². The Kier molecular flexibility index (Phi) is 5.83. The van der Waals surface area contributed by atoms with E-state index < -0.39 is 0 Å². The Morgan fingerprint density at radius 3 is 1.23 bits per heavy atom. The molecule has 52 heavy (non-hydrogen) atoms. The molecule has 0 amide bonds. The molecule has 2 aliphatic rings. The summed E-state index contributed by atoms with van der Waals surface area (Å²) in [4.78, 5) is 8.80. The van der Waals surface area contributed by atoms with Gasteiger partial charge in [-0.3, -0.25) is 9.97 Å². The van der Waals surface area contributed by atoms with E-state index in [9.17, 15) is 0 Å². The Morgan fingerprint density at radius 1 is 0.365 bits per heavy atom. The third kappa shape index (κ3) is 3.79. The number of fused-ring (bicyclic) bond motifs is 14. The fraction of sp³-hybridized carbons (Fsp3) is 0.120. The van der Waals surface area contributed by atoms with Crippen LogP contribution in [0.2, 0.25) is 0 Å². The normalized spacial score (nSPS) is 14.8. The lowest BCUT2D eigenvalue weighted by Crippen LogP contribution is -2.16. The summed E-state index contributed by atoms with van der Waals surface area (Å²) in [6.07, 6.45) is 7.67. The summed E-state index contributed by atoms with van der Waals surface area (Å²) in [7, 11) is 0. The molecule has 2 heteroatoms. The first kappa shape index (κ1) is 29.6. The largest absolute Gasteiger partial charge is 0.265 e. The SMILES string of the molecule is CC1(C)c2ccccc2-c2ccc3c(c(-c4ccncc4)cc4cc5cc(-c6ccncc6)c6c7c(ccc6c5cc43)-c3ccccc3C7(C)C)c21. The maximum atomic E-state index is 4.40. The van der Waals surface area contributed by atoms with Crippen molar-refractivity contribution in [3.8, 4) is 44.5 Å². The number of benzene rings is 7. The number of rotatable bonds is 2. The van der Waals surface area contributed by atoms with Crippen molar-refractivity contribution in [1.29, 1.82) is 0 Å². The first-order chi connectivity index (χ1) is 25.3. The van der Waals surface area contributed by atoms with E-state index in [1.807, 2.05) is 24.8 Å². The van der Waals surface area contributed by atoms with Crippen LogP contribution < -0.4 is 0 Å². The molecule has 7 aromatic carbocycles. The Balaban J connectivity index is 1.30. The van der Waals surface area contributed by atoms with E-state index in [2.05, 4.69) is 159 Å². The van der Waals surface area contributed by atoms with Gasteiger partial charge in [0.25, 0.3) is 0 Å². The number of nitrogens with zero attached hydrogens (tertiary/aromatic N) is 2. The van der Waals surface area contributed by atoms with Crippen LogP contribution in [0.5, 0.6) is 0 Å². The first-order valence-corrected chi connectivity index (χ1v) is 18.3. The van der Waals surface area contributed by atoms with Gasteiger partial charge in [-0.1, -0.05) is 100 Å². The number of aromatic nitrogens is 2. The van der Waals surface area contributed by atoms with Crippen LogP contribution in [0.3, 0.4) is 0 Å². The highest BCUT2D eigenvalue weighted by atomic mass is 14.6. The molecular weight excluding hydrogens is 629 g/mol. The van der Waals surface area contributed by atoms with Crippen molar-refractivity contribution in [2.75, 3.05) is 0 Å². The maximum absolute atomic E-state index is 4.40. The van der Waals surface area contributed by atoms with E-state index in [0.29, 0.717) is 0 Å². The molecule has 9 aromatic rings. The second-order valence-electron chi connectivity index (χ2n) is 15.8. The van der Waals surface area contributed by atoms with E-state index in [-0.39, 0.29) is 10.8 Å². The van der Waals surface area contributed by atoms with Crippen LogP contribution in [-0.2, 0) is 10.8 Å². The summed E-state index contributed by atoms with van der Waals surface area (Å²) < 4.78 is 0. The fourth-order valence-electron chi connectivity index (χ4n) is 10.1. The van der Waals surface area contributed by atoms with Gasteiger partial charge in [0.2, 0.25) is 0 Å². The van der Waals surface area contributed by atoms with Gasteiger partial charge >= 0.3 is 0 Å². The molecule has 2 aromatic heterocycles. The highest BCUT2D eigenvalue weighted by molar-refractivity contribution is 6.24. The van der Waals surface area contributed by atoms with Crippen molar-refractivity contribution in [3.05, 3.63) is 168 Å². The lowest BCUT2D eigenvalue weighted by atomic mass is 9.77. The highest BCUT2D eigenvalue weighted by Crippen LogP contribution is 2.56. The topological polar surface area (TPSA) is 25.8 Å². The zero-order valence-corrected chi connectivity index (χ0v) is 29.8. The minimum absolute atomic E-state index is 0.148. The van der Waals surface area contributed by atoms with Crippen LogP contribution in [0.25, 0.3) is 87.6 Å². The minimum atomic E-state index is -0.148. The molecular formula is C50H36N2. The van der Waals surface area contributed by atoms with Crippen LogP contribution >= 0.6 is 0 Å². The third-order valence-corrected chi connectivity index (χ3v) is 12.4. The molecule has 2 nitrogen and oxygen atoms in total. The molecule has 0 atom stereocenters. The highest BCUT2D eigenvalue weighted by Gasteiger charge is 2.39. The predicted molar refractivity (Wildman–Crippen MR) is 218 cm³/mol. The Morgan fingerprint density at radius 2 is 0.788 bits per heavy atom. The van der Waals surface area contributed by atoms with E-state index in [1.165, 1.54) is 110 Å². The number of hydrogen-bond donors (Lipinski definition) is 0. The van der Waals surface area contributed by atoms with Crippen molar-refractivity contribution in [2.24, 2.45) is 0 Å². The summed E-state index contributed by atoms with van der Waals surface area (Å²) in [6.45, 7) is 9.58. The quantitative estimate of drug-likeness (QED) is 0.136. The molecule has 0 N–H and O–H groups in total. The van der Waals surface area contributed by atoms with Crippen molar-refractivity contribution < 1.29 is 0 Å². The smallest absolute Gasteiger partial charge is 0.0273 e. The monoisotopic (exact) mass is 664 g/mol. The maximum Gasteiger partial charge on any atom is 0.0273 e. The number of hydrogen-bond acceptors (Lipinski definition) is 2. The molecule has 0 radical (unpaired) electrons. The van der Waals surface area contributed by atoms with Gasteiger partial charge in [-0.15, -0.1) is 0 Å². The summed E-state index contributed by atoms with van der Waals surface area (Å²) in [5.41, 5.74) is 15.6. The predicted octanol–water partition coefficient (Wildman–Crippen LogP) is 13.0. The summed E-state index contributed by atoms with van der Waals surface area (Å²) >= 11 is 0. The molecule has 0 spiro atoms. The molecule has 2 heterocycles. The summed E-state index contributed by atoms with van der Waals surface area (Å²) in [6, 6.07) is 45.9. The van der Waals surface area contributed by atoms with E-state index in [0.717, 1.165) is 0 Å². The van der Waals surface area contributed by atoms with E-state index in [1.54, 1.807) is 0 Å². The molecule has 2 aliphatic carbocycles. The average molecular weight is 665 g/mol. The van der Waals surface area contributed by atoms with E-state index in [4.69, 9.17) is 0 Å². The number of pyridine rings is 2. The van der Waals surface area contributed by atoms with Gasteiger partial charge in [0, 0.05) is 35.6 Å². The molecule has 0 bridgehead atoms. The minimum Gasteiger partial charge on any atom is -0.265 e. The molecule has 11 rings (SSSR count). The van der Waals surface area contributed by atoms with E-state index >= 15 is 0 Å². The zero-order valence-electron chi connectivity index (χ0n) is 29.8. The Bertz CT molecular complexity index is 2790. The standard InChI is InChI=1S/C50H36N2/c1-49(2)43-11-7-5-9-33(43)37-15-13-35-39-28-40-32(25-31(39)26-41(45(35)47(37)49)29-17-21-51-22-18-29)27-42(30-19-23-52-24-20-30)46-36(40)14-16-38-34-10-6-8-12-44(34)50(3,4)48(38)46/h5-28H,1-4H3. The zero-order chi connectivity index (χ0) is 34.9. The first-order valence-electron chi connectivity index (χ1n) is 18.3. The van der Waals surface area contributed by atoms with Gasteiger partial charge in [-0.25, -0.2) is 0 Å². The molecule has 0 aliphatic heterocycles. The molecule has 0 saturated carbocycles. The lowest BCUT2D eigenvalue weighted by molar-refractivity contribution is 0.666. The summed E-state index contributed by atoms with van der Waals surface area (Å²) in [5, 5.41) is 10.3. The van der Waals surface area contributed by atoms with Crippen molar-refractivity contribution in [3.63, 3.8) is 0 Å². The lowest BCUT2D eigenvalue weighted by Gasteiger charge is -2.26. The fourth-order valence-corrected chi connectivity index (χ4v) is 10.1. The van der Waals surface area contributed by atoms with Crippen LogP contribution in [0.4, 0.5) is 0 Å². The molecule has 0 saturated heterocycles. The second-order valence-corrected chi connectivity index (χ2v) is 15.8. The molecule has 246 valence electrons. The second kappa shape index (κ2) is 10.2. The third-order valence-electron chi connectivity index (χ3n) is 12.4. The van der Waals surface area contributed by atoms with Crippen molar-refractivity contribution in [1.82, 2.24) is 9.97 Å². The Hall–Kier alpha value is -6.12. The van der Waals surface area contributed by atoms with Gasteiger partial charge < -0.3 is 0 Å². The van der Waals surface area contributed by atoms with Crippen LogP contribution in [0.15, 0.2) is 146 Å². The molecule has 0 unspecified atom stereocenters. The van der Waals surface area contributed by atoms with Gasteiger partial charge in [-0.05, 0) is 158 Å². The van der Waals surface area contributed by atoms with Crippen LogP contribution in [0.1, 0.15) is 49.9 Å². The van der Waals surface area contributed by atoms with Gasteiger partial charge in [0.15, 0.2) is 0 Å². The van der Waals surface area contributed by atoms with Crippen molar-refractivity contribution in [2.45, 2.75) is 38.5 Å². The average Bonchev–Trinajstić information content (AvgIpc) is 3.57.